The van der Waals surface area contributed by atoms with Crippen LogP contribution < -0.4 is 0 Å². The lowest BCUT2D eigenvalue weighted by molar-refractivity contribution is -0.158. The van der Waals surface area contributed by atoms with Gasteiger partial charge in [-0.05, 0) is 17.8 Å². The van der Waals surface area contributed by atoms with Gasteiger partial charge in [-0.2, -0.15) is 12.6 Å². The van der Waals surface area contributed by atoms with Crippen molar-refractivity contribution >= 4 is 18.6 Å². The fourth-order valence-corrected chi connectivity index (χ4v) is 2.70. The van der Waals surface area contributed by atoms with E-state index in [0.29, 0.717) is 11.2 Å². The third-order valence-electron chi connectivity index (χ3n) is 3.22. The maximum atomic E-state index is 10.7. The highest BCUT2D eigenvalue weighted by atomic mass is 32.1. The Morgan fingerprint density at radius 1 is 1.67 bits per heavy atom. The second-order valence-electron chi connectivity index (χ2n) is 4.29. The molecule has 1 aliphatic carbocycles. The summed E-state index contributed by atoms with van der Waals surface area (Å²) in [5.41, 5.74) is -0.0764. The van der Waals surface area contributed by atoms with Gasteiger partial charge in [0.2, 0.25) is 0 Å². The van der Waals surface area contributed by atoms with Crippen molar-refractivity contribution in [3.8, 4) is 0 Å². The van der Waals surface area contributed by atoms with E-state index in [1.807, 2.05) is 20.8 Å². The van der Waals surface area contributed by atoms with E-state index in [9.17, 15) is 4.79 Å². The highest BCUT2D eigenvalue weighted by Crippen LogP contribution is 2.53. The molecule has 12 heavy (non-hydrogen) atoms. The van der Waals surface area contributed by atoms with E-state index >= 15 is 0 Å². The zero-order valence-corrected chi connectivity index (χ0v) is 8.64. The summed E-state index contributed by atoms with van der Waals surface area (Å²) in [7, 11) is 0. The van der Waals surface area contributed by atoms with Crippen molar-refractivity contribution in [2.24, 2.45) is 17.3 Å². The number of carbonyl (C=O) groups is 1. The predicted molar refractivity (Wildman–Crippen MR) is 51.5 cm³/mol. The van der Waals surface area contributed by atoms with Crippen LogP contribution in [0.1, 0.15) is 27.2 Å². The number of carboxylic acids is 1. The summed E-state index contributed by atoms with van der Waals surface area (Å²) in [6.45, 7) is 6.08. The van der Waals surface area contributed by atoms with Crippen molar-refractivity contribution < 1.29 is 9.90 Å². The van der Waals surface area contributed by atoms with Gasteiger partial charge in [0, 0.05) is 5.25 Å². The Morgan fingerprint density at radius 3 is 2.42 bits per heavy atom. The number of rotatable bonds is 2. The normalized spacial score (nSPS) is 35.3. The lowest BCUT2D eigenvalue weighted by Gasteiger charge is -2.51. The van der Waals surface area contributed by atoms with Crippen LogP contribution in [0.15, 0.2) is 0 Å². The third-order valence-corrected chi connectivity index (χ3v) is 3.58. The summed E-state index contributed by atoms with van der Waals surface area (Å²) in [4.78, 5) is 10.7. The van der Waals surface area contributed by atoms with E-state index in [1.165, 1.54) is 0 Å². The quantitative estimate of drug-likeness (QED) is 0.651. The van der Waals surface area contributed by atoms with E-state index in [4.69, 9.17) is 5.11 Å². The molecule has 0 aromatic carbocycles. The molecule has 2 nitrogen and oxygen atoms in total. The Balaban J connectivity index is 2.66. The van der Waals surface area contributed by atoms with Crippen LogP contribution in [-0.4, -0.2) is 16.3 Å². The second-order valence-corrected chi connectivity index (χ2v) is 5.11. The van der Waals surface area contributed by atoms with Crippen molar-refractivity contribution in [1.29, 1.82) is 0 Å². The molecule has 1 unspecified atom stereocenters. The molecule has 0 aromatic rings. The minimum Gasteiger partial charge on any atom is -0.481 e. The lowest BCUT2D eigenvalue weighted by Crippen LogP contribution is -2.51. The fraction of sp³-hybridized carbons (Fsp3) is 0.889. The molecule has 0 aliphatic heterocycles. The first-order valence-electron chi connectivity index (χ1n) is 4.28. The molecule has 3 atom stereocenters. The summed E-state index contributed by atoms with van der Waals surface area (Å²) < 4.78 is 0. The van der Waals surface area contributed by atoms with Crippen LogP contribution in [-0.2, 0) is 4.79 Å². The molecule has 1 aliphatic rings. The second kappa shape index (κ2) is 2.95. The van der Waals surface area contributed by atoms with E-state index in [-0.39, 0.29) is 11.3 Å². The van der Waals surface area contributed by atoms with Crippen LogP contribution >= 0.6 is 12.6 Å². The van der Waals surface area contributed by atoms with Crippen LogP contribution in [0.25, 0.3) is 0 Å². The van der Waals surface area contributed by atoms with Crippen molar-refractivity contribution in [1.82, 2.24) is 0 Å². The Morgan fingerprint density at radius 2 is 2.17 bits per heavy atom. The molecule has 70 valence electrons. The Hall–Kier alpha value is -0.180. The molecule has 1 saturated carbocycles. The summed E-state index contributed by atoms with van der Waals surface area (Å²) in [5.74, 6) is -0.385. The predicted octanol–water partition coefficient (Wildman–Crippen LogP) is 2.05. The standard InChI is InChI=1S/C9H16O2S/c1-5(12)6-4-7(8(10)11)9(6,2)3/h5-7,12H,4H2,1-3H3,(H,10,11)/t5?,6-,7+/m0/s1. The maximum absolute atomic E-state index is 10.7. The van der Waals surface area contributed by atoms with Crippen LogP contribution in [0.5, 0.6) is 0 Å². The average molecular weight is 188 g/mol. The van der Waals surface area contributed by atoms with E-state index in [1.54, 1.807) is 0 Å². The van der Waals surface area contributed by atoms with Gasteiger partial charge < -0.3 is 5.11 Å². The zero-order chi connectivity index (χ0) is 9.52. The van der Waals surface area contributed by atoms with E-state index in [2.05, 4.69) is 12.6 Å². The minimum absolute atomic E-state index is 0.0764. The van der Waals surface area contributed by atoms with Gasteiger partial charge in [-0.1, -0.05) is 20.8 Å². The highest BCUT2D eigenvalue weighted by molar-refractivity contribution is 7.80. The van der Waals surface area contributed by atoms with E-state index in [0.717, 1.165) is 6.42 Å². The molecule has 0 aromatic heterocycles. The van der Waals surface area contributed by atoms with E-state index < -0.39 is 5.97 Å². The van der Waals surface area contributed by atoms with Gasteiger partial charge in [0.05, 0.1) is 5.92 Å². The van der Waals surface area contributed by atoms with Crippen molar-refractivity contribution in [2.75, 3.05) is 0 Å². The van der Waals surface area contributed by atoms with Gasteiger partial charge in [-0.15, -0.1) is 0 Å². The Kier molecular flexibility index (Phi) is 2.43. The van der Waals surface area contributed by atoms with Crippen molar-refractivity contribution in [3.05, 3.63) is 0 Å². The molecular formula is C9H16O2S. The molecule has 0 bridgehead atoms. The molecule has 0 saturated heterocycles. The van der Waals surface area contributed by atoms with Crippen LogP contribution in [0, 0.1) is 17.3 Å². The van der Waals surface area contributed by atoms with Crippen molar-refractivity contribution in [3.63, 3.8) is 0 Å². The summed E-state index contributed by atoms with van der Waals surface area (Å²) >= 11 is 4.35. The maximum Gasteiger partial charge on any atom is 0.307 e. The molecule has 1 rings (SSSR count). The minimum atomic E-state index is -0.662. The fourth-order valence-electron chi connectivity index (χ4n) is 2.20. The molecule has 3 heteroatoms. The molecule has 0 radical (unpaired) electrons. The molecule has 0 heterocycles. The number of thiol groups is 1. The highest BCUT2D eigenvalue weighted by Gasteiger charge is 2.52. The van der Waals surface area contributed by atoms with Gasteiger partial charge in [-0.3, -0.25) is 4.79 Å². The molecule has 0 amide bonds. The molecule has 1 N–H and O–H groups in total. The molecule has 0 spiro atoms. The Labute approximate surface area is 78.8 Å². The summed E-state index contributed by atoms with van der Waals surface area (Å²) in [6.07, 6.45) is 0.785. The van der Waals surface area contributed by atoms with Gasteiger partial charge in [0.25, 0.3) is 0 Å². The van der Waals surface area contributed by atoms with Gasteiger partial charge in [-0.25, -0.2) is 0 Å². The van der Waals surface area contributed by atoms with Gasteiger partial charge in [0.1, 0.15) is 0 Å². The third kappa shape index (κ3) is 1.35. The van der Waals surface area contributed by atoms with Gasteiger partial charge in [0.15, 0.2) is 0 Å². The van der Waals surface area contributed by atoms with Crippen LogP contribution in [0.3, 0.4) is 0 Å². The Bertz CT molecular complexity index is 199. The number of hydrogen-bond acceptors (Lipinski definition) is 2. The van der Waals surface area contributed by atoms with Crippen LogP contribution in [0.2, 0.25) is 0 Å². The smallest absolute Gasteiger partial charge is 0.307 e. The van der Waals surface area contributed by atoms with Crippen LogP contribution in [0.4, 0.5) is 0 Å². The molecule has 1 fully saturated rings. The zero-order valence-electron chi connectivity index (χ0n) is 7.74. The largest absolute Gasteiger partial charge is 0.481 e. The molecular weight excluding hydrogens is 172 g/mol. The average Bonchev–Trinajstić information content (AvgIpc) is 1.83. The first-order valence-corrected chi connectivity index (χ1v) is 4.80. The van der Waals surface area contributed by atoms with Gasteiger partial charge >= 0.3 is 5.97 Å². The summed E-state index contributed by atoms with van der Waals surface area (Å²) in [5, 5.41) is 9.14. The number of carboxylic acid groups (broad SMARTS) is 1. The summed E-state index contributed by atoms with van der Waals surface area (Å²) in [6, 6.07) is 0. The number of aliphatic carboxylic acids is 1. The lowest BCUT2D eigenvalue weighted by atomic mass is 9.54. The SMILES string of the molecule is CC(S)[C@@H]1C[C@H](C(=O)O)C1(C)C. The first kappa shape index (κ1) is 9.90. The number of hydrogen-bond donors (Lipinski definition) is 2. The first-order chi connectivity index (χ1) is 5.37. The monoisotopic (exact) mass is 188 g/mol. The van der Waals surface area contributed by atoms with Crippen molar-refractivity contribution in [2.45, 2.75) is 32.4 Å². The topological polar surface area (TPSA) is 37.3 Å².